The van der Waals surface area contributed by atoms with Crippen LogP contribution in [0.25, 0.3) is 0 Å². The second-order valence-corrected chi connectivity index (χ2v) is 13.0. The summed E-state index contributed by atoms with van der Waals surface area (Å²) in [5.41, 5.74) is 0. The number of quaternary nitrogens is 1. The monoisotopic (exact) mass is 509 g/mol. The van der Waals surface area contributed by atoms with Crippen LogP contribution in [0, 0.1) is 0 Å². The van der Waals surface area contributed by atoms with E-state index in [2.05, 4.69) is 41.8 Å². The van der Waals surface area contributed by atoms with Crippen molar-refractivity contribution in [2.75, 3.05) is 47.0 Å². The molecule has 6 heteroatoms. The molecule has 0 fully saturated rings. The van der Waals surface area contributed by atoms with E-state index in [-0.39, 0.29) is 12.4 Å². The van der Waals surface area contributed by atoms with E-state index in [9.17, 15) is 0 Å². The molecule has 0 aromatic rings. The fourth-order valence-corrected chi connectivity index (χ4v) is 6.61. The molecule has 0 spiro atoms. The Morgan fingerprint density at radius 3 is 1.27 bits per heavy atom. The lowest BCUT2D eigenvalue weighted by molar-refractivity contribution is -0.890. The van der Waals surface area contributed by atoms with Gasteiger partial charge in [-0.25, -0.2) is 0 Å². The van der Waals surface area contributed by atoms with Gasteiger partial charge in [0.1, 0.15) is 0 Å². The van der Waals surface area contributed by atoms with Gasteiger partial charge in [0, 0.05) is 32.3 Å². The normalized spacial score (nSPS) is 12.2. The van der Waals surface area contributed by atoms with Crippen LogP contribution in [-0.4, -0.2) is 60.3 Å². The first-order valence-electron chi connectivity index (χ1n) is 14.2. The van der Waals surface area contributed by atoms with E-state index in [1.807, 2.05) is 0 Å². The Kier molecular flexibility index (Phi) is 25.9. The SMILES string of the molecule is CCCCCCCCCC[N+](C)(C)CCC[Si](OCCCC)(OCCCC)OCCCC.[Cl-]. The van der Waals surface area contributed by atoms with Gasteiger partial charge in [-0.05, 0) is 32.1 Å². The second kappa shape index (κ2) is 24.1. The van der Waals surface area contributed by atoms with E-state index in [1.165, 1.54) is 64.5 Å². The number of unbranched alkanes of at least 4 members (excludes halogenated alkanes) is 10. The van der Waals surface area contributed by atoms with Crippen molar-refractivity contribution in [2.24, 2.45) is 0 Å². The molecule has 0 atom stereocenters. The maximum atomic E-state index is 6.42. The van der Waals surface area contributed by atoms with Crippen LogP contribution in [0.15, 0.2) is 0 Å². The van der Waals surface area contributed by atoms with Gasteiger partial charge in [-0.15, -0.1) is 0 Å². The van der Waals surface area contributed by atoms with E-state index in [0.717, 1.165) is 75.3 Å². The molecule has 202 valence electrons. The Balaban J connectivity index is 0. The Morgan fingerprint density at radius 2 is 0.848 bits per heavy atom. The van der Waals surface area contributed by atoms with Gasteiger partial charge in [0.05, 0.1) is 27.2 Å². The fraction of sp³-hybridized carbons (Fsp3) is 1.00. The third kappa shape index (κ3) is 21.4. The predicted molar refractivity (Wildman–Crippen MR) is 142 cm³/mol. The minimum atomic E-state index is -2.58. The van der Waals surface area contributed by atoms with E-state index < -0.39 is 8.80 Å². The number of hydrogen-bond donors (Lipinski definition) is 0. The largest absolute Gasteiger partial charge is 1.00 e. The van der Waals surface area contributed by atoms with Crippen molar-refractivity contribution in [1.82, 2.24) is 0 Å². The molecule has 4 nitrogen and oxygen atoms in total. The van der Waals surface area contributed by atoms with Gasteiger partial charge in [-0.3, -0.25) is 0 Å². The van der Waals surface area contributed by atoms with Crippen LogP contribution < -0.4 is 12.4 Å². The third-order valence-corrected chi connectivity index (χ3v) is 9.22. The minimum absolute atomic E-state index is 0. The van der Waals surface area contributed by atoms with Gasteiger partial charge in [-0.2, -0.15) is 0 Å². The minimum Gasteiger partial charge on any atom is -1.00 e. The number of halogens is 1. The van der Waals surface area contributed by atoms with Crippen LogP contribution in [0.3, 0.4) is 0 Å². The summed E-state index contributed by atoms with van der Waals surface area (Å²) in [4.78, 5) is 0. The first-order valence-corrected chi connectivity index (χ1v) is 16.1. The zero-order valence-electron chi connectivity index (χ0n) is 23.4. The van der Waals surface area contributed by atoms with Crippen molar-refractivity contribution in [3.05, 3.63) is 0 Å². The smallest absolute Gasteiger partial charge is 0.501 e. The van der Waals surface area contributed by atoms with Gasteiger partial charge in [0.15, 0.2) is 0 Å². The number of rotatable bonds is 25. The Bertz CT molecular complexity index is 373. The molecule has 0 aliphatic heterocycles. The molecular weight excluding hydrogens is 450 g/mol. The molecule has 0 saturated heterocycles. The molecular formula is C27H60ClNO3Si. The fourth-order valence-electron chi connectivity index (χ4n) is 3.97. The average Bonchev–Trinajstić information content (AvgIpc) is 2.76. The average molecular weight is 510 g/mol. The summed E-state index contributed by atoms with van der Waals surface area (Å²) in [6, 6.07) is 0.962. The highest BCUT2D eigenvalue weighted by molar-refractivity contribution is 6.60. The van der Waals surface area contributed by atoms with Crippen molar-refractivity contribution >= 4 is 8.80 Å². The number of hydrogen-bond acceptors (Lipinski definition) is 3. The highest BCUT2D eigenvalue weighted by Crippen LogP contribution is 2.22. The maximum absolute atomic E-state index is 6.42. The van der Waals surface area contributed by atoms with Gasteiger partial charge in [0.2, 0.25) is 0 Å². The molecule has 0 bridgehead atoms. The van der Waals surface area contributed by atoms with Gasteiger partial charge in [0.25, 0.3) is 0 Å². The summed E-state index contributed by atoms with van der Waals surface area (Å²) >= 11 is 0. The van der Waals surface area contributed by atoms with Crippen molar-refractivity contribution in [3.8, 4) is 0 Å². The zero-order valence-corrected chi connectivity index (χ0v) is 25.2. The molecule has 0 aliphatic carbocycles. The molecule has 0 aromatic heterocycles. The molecule has 0 aromatic carbocycles. The first kappa shape index (κ1) is 35.5. The molecule has 0 aliphatic rings. The van der Waals surface area contributed by atoms with E-state index >= 15 is 0 Å². The van der Waals surface area contributed by atoms with E-state index in [1.54, 1.807) is 0 Å². The van der Waals surface area contributed by atoms with Crippen LogP contribution in [-0.2, 0) is 13.3 Å². The van der Waals surface area contributed by atoms with Crippen molar-refractivity contribution in [3.63, 3.8) is 0 Å². The maximum Gasteiger partial charge on any atom is 0.501 e. The summed E-state index contributed by atoms with van der Waals surface area (Å²) in [5.74, 6) is 0. The van der Waals surface area contributed by atoms with Crippen LogP contribution in [0.1, 0.15) is 124 Å². The predicted octanol–water partition coefficient (Wildman–Crippen LogP) is 4.99. The summed E-state index contributed by atoms with van der Waals surface area (Å²) in [6.07, 6.45) is 19.0. The molecule has 0 radical (unpaired) electrons. The number of nitrogens with zero attached hydrogens (tertiary/aromatic N) is 1. The zero-order chi connectivity index (χ0) is 24.0. The van der Waals surface area contributed by atoms with E-state index in [0.29, 0.717) is 0 Å². The first-order chi connectivity index (χ1) is 15.4. The molecule has 0 heterocycles. The molecule has 0 rings (SSSR count). The Labute approximate surface area is 215 Å². The topological polar surface area (TPSA) is 27.7 Å². The van der Waals surface area contributed by atoms with Crippen LogP contribution in [0.4, 0.5) is 0 Å². The van der Waals surface area contributed by atoms with Crippen LogP contribution in [0.2, 0.25) is 6.04 Å². The molecule has 0 amide bonds. The van der Waals surface area contributed by atoms with Crippen molar-refractivity contribution < 1.29 is 30.2 Å². The van der Waals surface area contributed by atoms with Gasteiger partial charge >= 0.3 is 8.80 Å². The quantitative estimate of drug-likeness (QED) is 0.0985. The van der Waals surface area contributed by atoms with Gasteiger partial charge in [-0.1, -0.05) is 85.5 Å². The highest BCUT2D eigenvalue weighted by atomic mass is 35.5. The van der Waals surface area contributed by atoms with Crippen molar-refractivity contribution in [1.29, 1.82) is 0 Å². The Morgan fingerprint density at radius 1 is 0.485 bits per heavy atom. The Hall–Kier alpha value is 0.347. The summed E-state index contributed by atoms with van der Waals surface area (Å²) in [5, 5.41) is 0. The van der Waals surface area contributed by atoms with Crippen LogP contribution in [0.5, 0.6) is 0 Å². The lowest BCUT2D eigenvalue weighted by atomic mass is 10.1. The molecule has 33 heavy (non-hydrogen) atoms. The van der Waals surface area contributed by atoms with Crippen LogP contribution >= 0.6 is 0 Å². The lowest BCUT2D eigenvalue weighted by Gasteiger charge is -2.33. The lowest BCUT2D eigenvalue weighted by Crippen LogP contribution is -3.00. The molecule has 0 N–H and O–H groups in total. The summed E-state index contributed by atoms with van der Waals surface area (Å²) in [6.45, 7) is 13.7. The van der Waals surface area contributed by atoms with Crippen molar-refractivity contribution in [2.45, 2.75) is 130 Å². The highest BCUT2D eigenvalue weighted by Gasteiger charge is 2.41. The summed E-state index contributed by atoms with van der Waals surface area (Å²) in [7, 11) is 2.20. The molecule has 0 saturated carbocycles. The second-order valence-electron chi connectivity index (χ2n) is 10.3. The third-order valence-electron chi connectivity index (χ3n) is 6.32. The molecule has 0 unspecified atom stereocenters. The van der Waals surface area contributed by atoms with E-state index in [4.69, 9.17) is 13.3 Å². The van der Waals surface area contributed by atoms with Gasteiger partial charge < -0.3 is 30.2 Å². The standard InChI is InChI=1S/C27H60NO3Si.ClH/c1-7-11-15-16-17-18-19-20-22-28(5,6)23-21-27-32(29-24-12-8-2,30-25-13-9-3)31-26-14-10-4;/h7-27H2,1-6H3;1H/q+1;/p-1. The summed E-state index contributed by atoms with van der Waals surface area (Å²) < 4.78 is 20.4.